The molecule has 1 aliphatic carbocycles. The zero-order valence-corrected chi connectivity index (χ0v) is 11.1. The van der Waals surface area contributed by atoms with Crippen molar-refractivity contribution in [2.24, 2.45) is 5.10 Å². The summed E-state index contributed by atoms with van der Waals surface area (Å²) < 4.78 is 38.7. The molecule has 21 heavy (non-hydrogen) atoms. The largest absolute Gasteiger partial charge is 0.418 e. The molecule has 1 aliphatic rings. The zero-order valence-electron chi connectivity index (χ0n) is 11.1. The summed E-state index contributed by atoms with van der Waals surface area (Å²) in [5.74, 6) is 0. The van der Waals surface area contributed by atoms with Crippen molar-refractivity contribution in [3.8, 4) is 0 Å². The molecule has 0 bridgehead atoms. The average Bonchev–Trinajstić information content (AvgIpc) is 2.88. The van der Waals surface area contributed by atoms with Gasteiger partial charge in [0.25, 0.3) is 0 Å². The summed E-state index contributed by atoms with van der Waals surface area (Å²) in [5, 5.41) is 4.18. The Bertz CT molecular complexity index is 690. The molecular weight excluding hydrogens is 277 g/mol. The topological polar surface area (TPSA) is 24.4 Å². The van der Waals surface area contributed by atoms with Crippen molar-refractivity contribution in [1.82, 2.24) is 0 Å². The minimum Gasteiger partial charge on any atom is -0.278 e. The van der Waals surface area contributed by atoms with E-state index >= 15 is 0 Å². The SMILES string of the molecule is FC(F)(F)c1ccccc1N/N=C1/CCc2ccccc21. The molecule has 0 atom stereocenters. The van der Waals surface area contributed by atoms with Crippen LogP contribution in [0.5, 0.6) is 0 Å². The second-order valence-electron chi connectivity index (χ2n) is 4.87. The zero-order chi connectivity index (χ0) is 14.9. The number of benzene rings is 2. The number of nitrogens with zero attached hydrogens (tertiary/aromatic N) is 1. The third kappa shape index (κ3) is 2.77. The van der Waals surface area contributed by atoms with Crippen LogP contribution in [0.25, 0.3) is 0 Å². The molecule has 5 heteroatoms. The molecule has 2 aromatic rings. The minimum absolute atomic E-state index is 0.0260. The highest BCUT2D eigenvalue weighted by molar-refractivity contribution is 6.04. The van der Waals surface area contributed by atoms with Crippen LogP contribution in [0.3, 0.4) is 0 Å². The summed E-state index contributed by atoms with van der Waals surface area (Å²) in [6, 6.07) is 13.2. The predicted octanol–water partition coefficient (Wildman–Crippen LogP) is 4.47. The maximum atomic E-state index is 12.9. The molecule has 0 amide bonds. The third-order valence-corrected chi connectivity index (χ3v) is 3.50. The maximum Gasteiger partial charge on any atom is 0.418 e. The van der Waals surface area contributed by atoms with Crippen molar-refractivity contribution in [2.75, 3.05) is 5.43 Å². The highest BCUT2D eigenvalue weighted by Gasteiger charge is 2.33. The van der Waals surface area contributed by atoms with Crippen molar-refractivity contribution in [1.29, 1.82) is 0 Å². The highest BCUT2D eigenvalue weighted by atomic mass is 19.4. The summed E-state index contributed by atoms with van der Waals surface area (Å²) in [4.78, 5) is 0. The van der Waals surface area contributed by atoms with Gasteiger partial charge in [0.05, 0.1) is 17.0 Å². The van der Waals surface area contributed by atoms with Gasteiger partial charge in [-0.2, -0.15) is 18.3 Å². The summed E-state index contributed by atoms with van der Waals surface area (Å²) in [5.41, 5.74) is 4.82. The normalized spacial score (nSPS) is 16.0. The van der Waals surface area contributed by atoms with E-state index in [1.54, 1.807) is 6.07 Å². The van der Waals surface area contributed by atoms with Crippen LogP contribution in [-0.2, 0) is 12.6 Å². The molecule has 0 unspecified atom stereocenters. The van der Waals surface area contributed by atoms with Crippen LogP contribution < -0.4 is 5.43 Å². The minimum atomic E-state index is -4.39. The van der Waals surface area contributed by atoms with Gasteiger partial charge >= 0.3 is 6.18 Å². The number of anilines is 1. The van der Waals surface area contributed by atoms with Gasteiger partial charge in [-0.3, -0.25) is 5.43 Å². The summed E-state index contributed by atoms with van der Waals surface area (Å²) in [6.07, 6.45) is -2.78. The van der Waals surface area contributed by atoms with Crippen molar-refractivity contribution < 1.29 is 13.2 Å². The molecule has 1 N–H and O–H groups in total. The van der Waals surface area contributed by atoms with Gasteiger partial charge < -0.3 is 0 Å². The first-order chi connectivity index (χ1) is 10.1. The number of rotatable bonds is 2. The van der Waals surface area contributed by atoms with Crippen LogP contribution >= 0.6 is 0 Å². The van der Waals surface area contributed by atoms with Gasteiger partial charge in [0.15, 0.2) is 0 Å². The van der Waals surface area contributed by atoms with Gasteiger partial charge in [-0.1, -0.05) is 36.4 Å². The Morgan fingerprint density at radius 3 is 2.43 bits per heavy atom. The molecule has 2 aromatic carbocycles. The molecule has 3 rings (SSSR count). The molecule has 0 heterocycles. The Morgan fingerprint density at radius 1 is 0.905 bits per heavy atom. The lowest BCUT2D eigenvalue weighted by Crippen LogP contribution is -2.09. The molecule has 2 nitrogen and oxygen atoms in total. The van der Waals surface area contributed by atoms with Crippen molar-refractivity contribution in [2.45, 2.75) is 19.0 Å². The van der Waals surface area contributed by atoms with E-state index in [0.29, 0.717) is 0 Å². The first kappa shape index (κ1) is 13.7. The second kappa shape index (κ2) is 5.24. The van der Waals surface area contributed by atoms with E-state index in [-0.39, 0.29) is 5.69 Å². The number of hydrazone groups is 1. The van der Waals surface area contributed by atoms with E-state index in [4.69, 9.17) is 0 Å². The molecule has 0 aliphatic heterocycles. The molecular formula is C16H13F3N2. The fourth-order valence-corrected chi connectivity index (χ4v) is 2.48. The maximum absolute atomic E-state index is 12.9. The molecule has 108 valence electrons. The Labute approximate surface area is 120 Å². The molecule has 0 saturated carbocycles. The van der Waals surface area contributed by atoms with Gasteiger partial charge in [0.2, 0.25) is 0 Å². The average molecular weight is 290 g/mol. The van der Waals surface area contributed by atoms with E-state index in [1.165, 1.54) is 17.7 Å². The number of alkyl halides is 3. The molecule has 0 fully saturated rings. The highest BCUT2D eigenvalue weighted by Crippen LogP contribution is 2.34. The molecule has 0 aromatic heterocycles. The number of aryl methyl sites for hydroxylation is 1. The van der Waals surface area contributed by atoms with Crippen molar-refractivity contribution >= 4 is 11.4 Å². The lowest BCUT2D eigenvalue weighted by atomic mass is 10.1. The molecule has 0 saturated heterocycles. The van der Waals surface area contributed by atoms with Crippen molar-refractivity contribution in [3.63, 3.8) is 0 Å². The van der Waals surface area contributed by atoms with Crippen LogP contribution in [0.4, 0.5) is 18.9 Å². The van der Waals surface area contributed by atoms with E-state index < -0.39 is 11.7 Å². The lowest BCUT2D eigenvalue weighted by Gasteiger charge is -2.12. The number of para-hydroxylation sites is 1. The fourth-order valence-electron chi connectivity index (χ4n) is 2.48. The van der Waals surface area contributed by atoms with E-state index in [0.717, 1.165) is 30.2 Å². The van der Waals surface area contributed by atoms with Gasteiger partial charge in [0.1, 0.15) is 0 Å². The van der Waals surface area contributed by atoms with Gasteiger partial charge in [-0.15, -0.1) is 0 Å². The van der Waals surface area contributed by atoms with Gasteiger partial charge in [-0.25, -0.2) is 0 Å². The number of nitrogens with one attached hydrogen (secondary N) is 1. The first-order valence-electron chi connectivity index (χ1n) is 6.63. The number of hydrogen-bond donors (Lipinski definition) is 1. The monoisotopic (exact) mass is 290 g/mol. The van der Waals surface area contributed by atoms with Gasteiger partial charge in [-0.05, 0) is 30.5 Å². The number of fused-ring (bicyclic) bond motifs is 1. The first-order valence-corrected chi connectivity index (χ1v) is 6.63. The van der Waals surface area contributed by atoms with E-state index in [2.05, 4.69) is 10.5 Å². The third-order valence-electron chi connectivity index (χ3n) is 3.50. The Morgan fingerprint density at radius 2 is 1.62 bits per heavy atom. The van der Waals surface area contributed by atoms with Crippen molar-refractivity contribution in [3.05, 3.63) is 65.2 Å². The Hall–Kier alpha value is -2.30. The fraction of sp³-hybridized carbons (Fsp3) is 0.188. The summed E-state index contributed by atoms with van der Waals surface area (Å²) in [6.45, 7) is 0. The van der Waals surface area contributed by atoms with Gasteiger partial charge in [0, 0.05) is 5.56 Å². The molecule has 0 radical (unpaired) electrons. The lowest BCUT2D eigenvalue weighted by molar-refractivity contribution is -0.136. The van der Waals surface area contributed by atoms with E-state index in [1.807, 2.05) is 24.3 Å². The Kier molecular flexibility index (Phi) is 3.41. The van der Waals surface area contributed by atoms with Crippen LogP contribution in [0.1, 0.15) is 23.1 Å². The molecule has 0 spiro atoms. The summed E-state index contributed by atoms with van der Waals surface area (Å²) in [7, 11) is 0. The van der Waals surface area contributed by atoms with Crippen LogP contribution in [0, 0.1) is 0 Å². The van der Waals surface area contributed by atoms with Crippen LogP contribution in [-0.4, -0.2) is 5.71 Å². The quantitative estimate of drug-likeness (QED) is 0.811. The van der Waals surface area contributed by atoms with Crippen LogP contribution in [0.15, 0.2) is 53.6 Å². The number of hydrogen-bond acceptors (Lipinski definition) is 2. The van der Waals surface area contributed by atoms with Crippen LogP contribution in [0.2, 0.25) is 0 Å². The second-order valence-corrected chi connectivity index (χ2v) is 4.87. The smallest absolute Gasteiger partial charge is 0.278 e. The predicted molar refractivity (Wildman–Crippen MR) is 76.4 cm³/mol. The summed E-state index contributed by atoms with van der Waals surface area (Å²) >= 11 is 0. The Balaban J connectivity index is 1.88. The van der Waals surface area contributed by atoms with E-state index in [9.17, 15) is 13.2 Å². The number of halogens is 3. The standard InChI is InChI=1S/C16H13F3N2/c17-16(18,19)13-7-3-4-8-15(13)21-20-14-10-9-11-5-1-2-6-12(11)14/h1-8,21H,9-10H2/b20-14-.